The molecule has 1 aromatic rings. The van der Waals surface area contributed by atoms with Crippen molar-refractivity contribution in [1.29, 1.82) is 0 Å². The molecule has 0 bridgehead atoms. The van der Waals surface area contributed by atoms with Gasteiger partial charge in [-0.3, -0.25) is 28.9 Å². The van der Waals surface area contributed by atoms with Crippen molar-refractivity contribution in [3.63, 3.8) is 0 Å². The summed E-state index contributed by atoms with van der Waals surface area (Å²) >= 11 is 0. The van der Waals surface area contributed by atoms with Crippen molar-refractivity contribution < 1.29 is 28.9 Å². The zero-order valence-corrected chi connectivity index (χ0v) is 24.1. The van der Waals surface area contributed by atoms with E-state index in [1.165, 1.54) is 18.2 Å². The van der Waals surface area contributed by atoms with Gasteiger partial charge in [-0.2, -0.15) is 0 Å². The highest BCUT2D eigenvalue weighted by Gasteiger charge is 2.24. The second-order valence-corrected chi connectivity index (χ2v) is 11.2. The van der Waals surface area contributed by atoms with Crippen LogP contribution in [0.5, 0.6) is 0 Å². The van der Waals surface area contributed by atoms with Crippen LogP contribution in [0.3, 0.4) is 0 Å². The van der Waals surface area contributed by atoms with Gasteiger partial charge >= 0.3 is 0 Å². The van der Waals surface area contributed by atoms with E-state index in [1.54, 1.807) is 6.07 Å². The zero-order valence-electron chi connectivity index (χ0n) is 24.1. The fourth-order valence-corrected chi connectivity index (χ4v) is 3.28. The number of carbonyl (C=O) groups excluding carboxylic acids is 4. The first-order valence-electron chi connectivity index (χ1n) is 13.4. The molecule has 10 nitrogen and oxygen atoms in total. The summed E-state index contributed by atoms with van der Waals surface area (Å²) in [5, 5.41) is 5.64. The van der Waals surface area contributed by atoms with Crippen LogP contribution in [-0.2, 0) is 19.3 Å². The number of benzene rings is 1. The van der Waals surface area contributed by atoms with Gasteiger partial charge in [-0.15, -0.1) is 0 Å². The SMILES string of the molecule is CC(C)CNC(=O)[C@@H](CC(C)C)ONC(=O)c1cccc(C(=O)NO[C@H](CC(C)C)C(=O)NCC(C)C)c1. The summed E-state index contributed by atoms with van der Waals surface area (Å²) in [6, 6.07) is 5.97. The Labute approximate surface area is 226 Å². The van der Waals surface area contributed by atoms with Crippen LogP contribution in [0.1, 0.15) is 88.9 Å². The number of carbonyl (C=O) groups is 4. The minimum Gasteiger partial charge on any atom is -0.354 e. The van der Waals surface area contributed by atoms with Crippen molar-refractivity contribution in [2.75, 3.05) is 13.1 Å². The Morgan fingerprint density at radius 2 is 1.00 bits per heavy atom. The first-order chi connectivity index (χ1) is 17.8. The zero-order chi connectivity index (χ0) is 28.8. The number of nitrogens with one attached hydrogen (secondary N) is 4. The maximum atomic E-state index is 12.7. The van der Waals surface area contributed by atoms with Gasteiger partial charge in [-0.1, -0.05) is 61.5 Å². The molecular formula is C28H46N4O6. The molecule has 0 heterocycles. The summed E-state index contributed by atoms with van der Waals surface area (Å²) in [6.07, 6.45) is -0.854. The third kappa shape index (κ3) is 13.0. The minimum absolute atomic E-state index is 0.164. The predicted molar refractivity (Wildman–Crippen MR) is 146 cm³/mol. The highest BCUT2D eigenvalue weighted by molar-refractivity contribution is 5.99. The molecule has 38 heavy (non-hydrogen) atoms. The van der Waals surface area contributed by atoms with Gasteiger partial charge in [0.15, 0.2) is 12.2 Å². The summed E-state index contributed by atoms with van der Waals surface area (Å²) in [5.74, 6) is -0.907. The monoisotopic (exact) mass is 534 g/mol. The number of hydroxylamine groups is 2. The van der Waals surface area contributed by atoms with Gasteiger partial charge in [0.25, 0.3) is 23.6 Å². The average Bonchev–Trinajstić information content (AvgIpc) is 2.85. The van der Waals surface area contributed by atoms with E-state index in [4.69, 9.17) is 9.68 Å². The summed E-state index contributed by atoms with van der Waals surface area (Å²) in [6.45, 7) is 16.8. The van der Waals surface area contributed by atoms with Crippen molar-refractivity contribution in [3.8, 4) is 0 Å². The first kappa shape index (κ1) is 33.0. The van der Waals surface area contributed by atoms with Crippen LogP contribution in [0.4, 0.5) is 0 Å². The normalized spacial score (nSPS) is 12.9. The minimum atomic E-state index is -0.850. The molecule has 0 aliphatic heterocycles. The average molecular weight is 535 g/mol. The molecule has 0 aliphatic rings. The molecule has 1 aromatic carbocycles. The molecule has 10 heteroatoms. The first-order valence-corrected chi connectivity index (χ1v) is 13.4. The molecule has 4 amide bonds. The van der Waals surface area contributed by atoms with Gasteiger partial charge in [-0.05, 0) is 54.7 Å². The van der Waals surface area contributed by atoms with E-state index in [-0.39, 0.29) is 46.6 Å². The maximum absolute atomic E-state index is 12.7. The molecule has 0 aromatic heterocycles. The molecule has 0 saturated heterocycles. The molecular weight excluding hydrogens is 488 g/mol. The molecule has 0 aliphatic carbocycles. The predicted octanol–water partition coefficient (Wildman–Crippen LogP) is 3.38. The fraction of sp³-hybridized carbons (Fsp3) is 0.643. The van der Waals surface area contributed by atoms with E-state index in [1.807, 2.05) is 55.4 Å². The lowest BCUT2D eigenvalue weighted by molar-refractivity contribution is -0.138. The molecule has 2 atom stereocenters. The maximum Gasteiger partial charge on any atom is 0.274 e. The number of hydrogen-bond acceptors (Lipinski definition) is 6. The molecule has 0 saturated carbocycles. The van der Waals surface area contributed by atoms with E-state index in [0.717, 1.165) is 0 Å². The van der Waals surface area contributed by atoms with Gasteiger partial charge < -0.3 is 10.6 Å². The summed E-state index contributed by atoms with van der Waals surface area (Å²) in [5.41, 5.74) is 4.99. The smallest absolute Gasteiger partial charge is 0.274 e. The molecule has 0 fully saturated rings. The van der Waals surface area contributed by atoms with Crippen molar-refractivity contribution in [2.45, 2.75) is 80.4 Å². The van der Waals surface area contributed by atoms with Gasteiger partial charge in [0.1, 0.15) is 0 Å². The van der Waals surface area contributed by atoms with Crippen molar-refractivity contribution >= 4 is 23.6 Å². The number of hydrogen-bond donors (Lipinski definition) is 4. The van der Waals surface area contributed by atoms with E-state index in [2.05, 4.69) is 21.6 Å². The van der Waals surface area contributed by atoms with Crippen LogP contribution >= 0.6 is 0 Å². The van der Waals surface area contributed by atoms with Gasteiger partial charge in [-0.25, -0.2) is 11.0 Å². The van der Waals surface area contributed by atoms with E-state index >= 15 is 0 Å². The van der Waals surface area contributed by atoms with Gasteiger partial charge in [0.05, 0.1) is 0 Å². The van der Waals surface area contributed by atoms with Crippen LogP contribution in [0.2, 0.25) is 0 Å². The quantitative estimate of drug-likeness (QED) is 0.240. The Kier molecular flexibility index (Phi) is 14.6. The van der Waals surface area contributed by atoms with E-state index < -0.39 is 24.0 Å². The van der Waals surface area contributed by atoms with E-state index in [9.17, 15) is 19.2 Å². The summed E-state index contributed by atoms with van der Waals surface area (Å²) in [7, 11) is 0. The highest BCUT2D eigenvalue weighted by atomic mass is 16.7. The van der Waals surface area contributed by atoms with Crippen LogP contribution in [-0.4, -0.2) is 48.9 Å². The topological polar surface area (TPSA) is 135 Å². The van der Waals surface area contributed by atoms with Crippen molar-refractivity contribution in [1.82, 2.24) is 21.6 Å². The van der Waals surface area contributed by atoms with Crippen LogP contribution in [0.15, 0.2) is 24.3 Å². The van der Waals surface area contributed by atoms with Gasteiger partial charge in [0.2, 0.25) is 0 Å². The fourth-order valence-electron chi connectivity index (χ4n) is 3.28. The molecule has 0 spiro atoms. The van der Waals surface area contributed by atoms with Crippen molar-refractivity contribution in [2.24, 2.45) is 23.7 Å². The van der Waals surface area contributed by atoms with Gasteiger partial charge in [0, 0.05) is 24.2 Å². The number of rotatable bonds is 16. The third-order valence-electron chi connectivity index (χ3n) is 5.30. The lowest BCUT2D eigenvalue weighted by Gasteiger charge is -2.20. The Bertz CT molecular complexity index is 847. The van der Waals surface area contributed by atoms with Crippen LogP contribution in [0.25, 0.3) is 0 Å². The van der Waals surface area contributed by atoms with Crippen molar-refractivity contribution in [3.05, 3.63) is 35.4 Å². The molecule has 214 valence electrons. The second kappa shape index (κ2) is 16.8. The summed E-state index contributed by atoms with van der Waals surface area (Å²) in [4.78, 5) is 61.4. The number of amides is 4. The summed E-state index contributed by atoms with van der Waals surface area (Å²) < 4.78 is 0. The molecule has 4 N–H and O–H groups in total. The molecule has 0 radical (unpaired) electrons. The van der Waals surface area contributed by atoms with Crippen LogP contribution < -0.4 is 21.6 Å². The highest BCUT2D eigenvalue weighted by Crippen LogP contribution is 2.11. The standard InChI is InChI=1S/C28H46N4O6/c1-17(2)12-23(27(35)29-15-19(5)6)37-31-25(33)21-10-9-11-22(14-21)26(34)32-38-24(13-18(3)4)28(36)30-16-20(7)8/h9-11,14,17-20,23-24H,12-13,15-16H2,1-8H3,(H,29,35)(H,30,36)(H,31,33)(H,32,34)/t23-,24-/m1/s1. The van der Waals surface area contributed by atoms with Crippen LogP contribution in [0, 0.1) is 23.7 Å². The largest absolute Gasteiger partial charge is 0.354 e. The molecule has 0 unspecified atom stereocenters. The Balaban J connectivity index is 2.81. The van der Waals surface area contributed by atoms with E-state index in [0.29, 0.717) is 25.9 Å². The Hall–Kier alpha value is -2.98. The second-order valence-electron chi connectivity index (χ2n) is 11.2. The lowest BCUT2D eigenvalue weighted by atomic mass is 10.1. The molecule has 1 rings (SSSR count). The Morgan fingerprint density at radius 3 is 1.32 bits per heavy atom. The Morgan fingerprint density at radius 1 is 0.632 bits per heavy atom. The third-order valence-corrected chi connectivity index (χ3v) is 5.30. The lowest BCUT2D eigenvalue weighted by Crippen LogP contribution is -2.43.